The first-order valence-corrected chi connectivity index (χ1v) is 7.31. The minimum Gasteiger partial charge on any atom is -0.367 e. The molecule has 1 aromatic heterocycles. The van der Waals surface area contributed by atoms with Gasteiger partial charge in [0.1, 0.15) is 5.82 Å². The number of nitrogens with one attached hydrogen (secondary N) is 1. The van der Waals surface area contributed by atoms with Gasteiger partial charge in [0.25, 0.3) is 0 Å². The van der Waals surface area contributed by atoms with E-state index in [2.05, 4.69) is 43.0 Å². The molecular weight excluding hydrogens is 258 g/mol. The van der Waals surface area contributed by atoms with Crippen LogP contribution in [0.5, 0.6) is 0 Å². The van der Waals surface area contributed by atoms with E-state index in [1.54, 1.807) is 0 Å². The van der Waals surface area contributed by atoms with E-state index in [4.69, 9.17) is 11.6 Å². The number of nitrogens with zero attached hydrogens (tertiary/aromatic N) is 2. The van der Waals surface area contributed by atoms with E-state index in [0.29, 0.717) is 22.2 Å². The van der Waals surface area contributed by atoms with Crippen LogP contribution in [0.25, 0.3) is 0 Å². The molecule has 4 heteroatoms. The summed E-state index contributed by atoms with van der Waals surface area (Å²) in [4.78, 5) is 8.37. The van der Waals surface area contributed by atoms with E-state index in [0.717, 1.165) is 24.4 Å². The molecule has 0 saturated heterocycles. The number of rotatable bonds is 2. The Bertz CT molecular complexity index is 432. The van der Waals surface area contributed by atoms with Crippen molar-refractivity contribution in [1.29, 1.82) is 0 Å². The lowest BCUT2D eigenvalue weighted by Crippen LogP contribution is -2.40. The monoisotopic (exact) mass is 281 g/mol. The fourth-order valence-electron chi connectivity index (χ4n) is 3.76. The molecule has 1 aromatic rings. The molecule has 0 aliphatic heterocycles. The summed E-state index contributed by atoms with van der Waals surface area (Å²) in [7, 11) is 0. The average molecular weight is 282 g/mol. The van der Waals surface area contributed by atoms with Gasteiger partial charge in [-0.2, -0.15) is 0 Å². The van der Waals surface area contributed by atoms with Gasteiger partial charge in [-0.1, -0.05) is 27.7 Å². The molecule has 1 saturated carbocycles. The summed E-state index contributed by atoms with van der Waals surface area (Å²) in [6, 6.07) is 2.41. The Morgan fingerprint density at radius 2 is 1.74 bits per heavy atom. The van der Waals surface area contributed by atoms with E-state index in [9.17, 15) is 0 Å². The molecule has 106 valence electrons. The highest BCUT2D eigenvalue weighted by molar-refractivity contribution is 6.28. The first-order chi connectivity index (χ1) is 8.65. The zero-order chi connectivity index (χ0) is 14.3. The molecule has 1 N–H and O–H groups in total. The third kappa shape index (κ3) is 4.07. The highest BCUT2D eigenvalue weighted by atomic mass is 35.5. The minimum absolute atomic E-state index is 0.317. The number of aromatic nitrogens is 2. The molecule has 1 aliphatic rings. The van der Waals surface area contributed by atoms with Crippen LogP contribution in [0, 0.1) is 17.8 Å². The Kier molecular flexibility index (Phi) is 3.78. The van der Waals surface area contributed by atoms with Crippen LogP contribution in [-0.4, -0.2) is 16.0 Å². The van der Waals surface area contributed by atoms with Crippen LogP contribution >= 0.6 is 11.6 Å². The second-order valence-corrected chi connectivity index (χ2v) is 7.76. The quantitative estimate of drug-likeness (QED) is 0.814. The van der Waals surface area contributed by atoms with E-state index in [1.165, 1.54) is 6.42 Å². The van der Waals surface area contributed by atoms with Crippen LogP contribution in [0.1, 0.15) is 52.7 Å². The lowest BCUT2D eigenvalue weighted by molar-refractivity contribution is 0.105. The van der Waals surface area contributed by atoms with Crippen molar-refractivity contribution in [1.82, 2.24) is 9.97 Å². The smallest absolute Gasteiger partial charge is 0.224 e. The van der Waals surface area contributed by atoms with Crippen molar-refractivity contribution in [2.45, 2.75) is 59.9 Å². The van der Waals surface area contributed by atoms with Crippen LogP contribution in [0.2, 0.25) is 5.28 Å². The Hall–Kier alpha value is -0.830. The SMILES string of the molecule is Cc1cc(NC2CC(C)(C)CC(C)(C)C2)nc(Cl)n1. The third-order valence-electron chi connectivity index (χ3n) is 3.73. The molecule has 0 bridgehead atoms. The maximum Gasteiger partial charge on any atom is 0.224 e. The minimum atomic E-state index is 0.317. The lowest BCUT2D eigenvalue weighted by Gasteiger charge is -2.45. The number of aryl methyl sites for hydroxylation is 1. The molecule has 0 amide bonds. The van der Waals surface area contributed by atoms with Crippen LogP contribution in [-0.2, 0) is 0 Å². The van der Waals surface area contributed by atoms with Crippen molar-refractivity contribution in [2.75, 3.05) is 5.32 Å². The Balaban J connectivity index is 2.14. The molecule has 1 heterocycles. The molecule has 0 aromatic carbocycles. The number of hydrogen-bond donors (Lipinski definition) is 1. The number of halogens is 1. The normalized spacial score (nSPS) is 22.2. The van der Waals surface area contributed by atoms with Gasteiger partial charge in [-0.25, -0.2) is 9.97 Å². The molecule has 0 spiro atoms. The summed E-state index contributed by atoms with van der Waals surface area (Å²) in [5.74, 6) is 0.844. The van der Waals surface area contributed by atoms with E-state index < -0.39 is 0 Å². The molecule has 0 unspecified atom stereocenters. The maximum absolute atomic E-state index is 5.92. The van der Waals surface area contributed by atoms with E-state index in [-0.39, 0.29) is 0 Å². The summed E-state index contributed by atoms with van der Waals surface area (Å²) in [6.45, 7) is 11.3. The molecule has 1 aliphatic carbocycles. The largest absolute Gasteiger partial charge is 0.367 e. The first kappa shape index (κ1) is 14.6. The van der Waals surface area contributed by atoms with Gasteiger partial charge in [0.2, 0.25) is 5.28 Å². The summed E-state index contributed by atoms with van der Waals surface area (Å²) in [5, 5.41) is 3.85. The van der Waals surface area contributed by atoms with Gasteiger partial charge in [0.05, 0.1) is 0 Å². The second kappa shape index (κ2) is 4.93. The Morgan fingerprint density at radius 3 is 2.26 bits per heavy atom. The van der Waals surface area contributed by atoms with Gasteiger partial charge < -0.3 is 5.32 Å². The van der Waals surface area contributed by atoms with Gasteiger partial charge in [0.15, 0.2) is 0 Å². The van der Waals surface area contributed by atoms with Gasteiger partial charge in [-0.15, -0.1) is 0 Å². The van der Waals surface area contributed by atoms with Crippen molar-refractivity contribution in [3.05, 3.63) is 17.0 Å². The van der Waals surface area contributed by atoms with Crippen molar-refractivity contribution in [3.63, 3.8) is 0 Å². The highest BCUT2D eigenvalue weighted by Crippen LogP contribution is 2.46. The fraction of sp³-hybridized carbons (Fsp3) is 0.733. The van der Waals surface area contributed by atoms with E-state index >= 15 is 0 Å². The van der Waals surface area contributed by atoms with Gasteiger partial charge in [-0.3, -0.25) is 0 Å². The second-order valence-electron chi connectivity index (χ2n) is 7.42. The van der Waals surface area contributed by atoms with Crippen molar-refractivity contribution in [3.8, 4) is 0 Å². The maximum atomic E-state index is 5.92. The molecule has 1 fully saturated rings. The predicted molar refractivity (Wildman–Crippen MR) is 80.6 cm³/mol. The van der Waals surface area contributed by atoms with Crippen LogP contribution in [0.15, 0.2) is 6.07 Å². The summed E-state index contributed by atoms with van der Waals surface area (Å²) < 4.78 is 0. The molecule has 0 atom stereocenters. The standard InChI is InChI=1S/C15H24ClN3/c1-10-6-12(19-13(16)17-10)18-11-7-14(2,3)9-15(4,5)8-11/h6,11H,7-9H2,1-5H3,(H,17,18,19). The van der Waals surface area contributed by atoms with Crippen LogP contribution < -0.4 is 5.32 Å². The van der Waals surface area contributed by atoms with Gasteiger partial charge in [-0.05, 0) is 48.6 Å². The zero-order valence-corrected chi connectivity index (χ0v) is 13.3. The predicted octanol–water partition coefficient (Wildman–Crippen LogP) is 4.46. The lowest BCUT2D eigenvalue weighted by atomic mass is 9.63. The van der Waals surface area contributed by atoms with Crippen LogP contribution in [0.4, 0.5) is 5.82 Å². The average Bonchev–Trinajstić information content (AvgIpc) is 2.08. The first-order valence-electron chi connectivity index (χ1n) is 6.93. The van der Waals surface area contributed by atoms with Gasteiger partial charge in [0, 0.05) is 17.8 Å². The molecule has 19 heavy (non-hydrogen) atoms. The van der Waals surface area contributed by atoms with E-state index in [1.807, 2.05) is 13.0 Å². The molecular formula is C15H24ClN3. The van der Waals surface area contributed by atoms with Crippen LogP contribution in [0.3, 0.4) is 0 Å². The highest BCUT2D eigenvalue weighted by Gasteiger charge is 2.38. The summed E-state index contributed by atoms with van der Waals surface area (Å²) in [5.41, 5.74) is 1.63. The number of anilines is 1. The third-order valence-corrected chi connectivity index (χ3v) is 3.90. The van der Waals surface area contributed by atoms with Crippen molar-refractivity contribution < 1.29 is 0 Å². The number of hydrogen-bond acceptors (Lipinski definition) is 3. The summed E-state index contributed by atoms with van der Waals surface area (Å²) >= 11 is 5.92. The van der Waals surface area contributed by atoms with Crippen molar-refractivity contribution >= 4 is 17.4 Å². The molecule has 2 rings (SSSR count). The molecule has 0 radical (unpaired) electrons. The Morgan fingerprint density at radius 1 is 1.16 bits per heavy atom. The zero-order valence-electron chi connectivity index (χ0n) is 12.5. The molecule has 3 nitrogen and oxygen atoms in total. The topological polar surface area (TPSA) is 37.8 Å². The van der Waals surface area contributed by atoms with Crippen molar-refractivity contribution in [2.24, 2.45) is 10.8 Å². The van der Waals surface area contributed by atoms with Gasteiger partial charge >= 0.3 is 0 Å². The Labute approximate surface area is 121 Å². The fourth-order valence-corrected chi connectivity index (χ4v) is 3.99. The summed E-state index contributed by atoms with van der Waals surface area (Å²) in [6.07, 6.45) is 3.59.